The van der Waals surface area contributed by atoms with Crippen LogP contribution < -0.4 is 0 Å². The van der Waals surface area contributed by atoms with Gasteiger partial charge in [-0.1, -0.05) is 41.9 Å². The Bertz CT molecular complexity index is 731. The second-order valence-electron chi connectivity index (χ2n) is 7.16. The van der Waals surface area contributed by atoms with Crippen molar-refractivity contribution in [2.45, 2.75) is 44.7 Å². The summed E-state index contributed by atoms with van der Waals surface area (Å²) in [7, 11) is 0. The smallest absolute Gasteiger partial charge is 0.321 e. The van der Waals surface area contributed by atoms with Gasteiger partial charge in [0.05, 0.1) is 6.54 Å². The molecular formula is C19H23N3O3. The summed E-state index contributed by atoms with van der Waals surface area (Å²) in [6, 6.07) is 9.80. The average molecular weight is 341 g/mol. The normalized spacial score (nSPS) is 26.0. The van der Waals surface area contributed by atoms with E-state index < -0.39 is 12.0 Å². The van der Waals surface area contributed by atoms with E-state index in [-0.39, 0.29) is 5.92 Å². The van der Waals surface area contributed by atoms with Crippen LogP contribution in [0.1, 0.15) is 36.5 Å². The zero-order chi connectivity index (χ0) is 17.2. The van der Waals surface area contributed by atoms with Crippen LogP contribution in [-0.4, -0.2) is 38.7 Å². The summed E-state index contributed by atoms with van der Waals surface area (Å²) in [6.45, 7) is 1.26. The summed E-state index contributed by atoms with van der Waals surface area (Å²) in [4.78, 5) is 18.2. The van der Waals surface area contributed by atoms with Crippen LogP contribution in [-0.2, 0) is 24.2 Å². The van der Waals surface area contributed by atoms with E-state index in [1.165, 1.54) is 5.56 Å². The lowest BCUT2D eigenvalue weighted by Crippen LogP contribution is -2.39. The Balaban J connectivity index is 1.38. The van der Waals surface area contributed by atoms with Gasteiger partial charge in [-0.15, -0.1) is 0 Å². The van der Waals surface area contributed by atoms with E-state index >= 15 is 0 Å². The second-order valence-corrected chi connectivity index (χ2v) is 7.16. The zero-order valence-electron chi connectivity index (χ0n) is 14.2. The molecule has 0 spiro atoms. The van der Waals surface area contributed by atoms with Crippen LogP contribution in [0.25, 0.3) is 0 Å². The summed E-state index contributed by atoms with van der Waals surface area (Å²) in [5, 5.41) is 13.7. The SMILES string of the molecule is O=C(O)[C@@H]1[C@@H]2CCC[C@@H]2CN1Cc1nc(CCc2ccccc2)no1. The van der Waals surface area contributed by atoms with Crippen LogP contribution in [0.4, 0.5) is 0 Å². The first-order valence-corrected chi connectivity index (χ1v) is 9.03. The molecule has 1 aliphatic heterocycles. The topological polar surface area (TPSA) is 79.5 Å². The second kappa shape index (κ2) is 6.96. The van der Waals surface area contributed by atoms with Gasteiger partial charge in [0.1, 0.15) is 6.04 Å². The van der Waals surface area contributed by atoms with Crippen molar-refractivity contribution < 1.29 is 14.4 Å². The van der Waals surface area contributed by atoms with Crippen LogP contribution >= 0.6 is 0 Å². The minimum absolute atomic E-state index is 0.276. The number of carbonyl (C=O) groups is 1. The van der Waals surface area contributed by atoms with Gasteiger partial charge in [0.2, 0.25) is 5.89 Å². The minimum Gasteiger partial charge on any atom is -0.480 e. The van der Waals surface area contributed by atoms with Gasteiger partial charge in [0, 0.05) is 13.0 Å². The molecule has 1 aromatic carbocycles. The van der Waals surface area contributed by atoms with E-state index in [4.69, 9.17) is 4.52 Å². The molecule has 2 fully saturated rings. The fourth-order valence-electron chi connectivity index (χ4n) is 4.43. The van der Waals surface area contributed by atoms with Crippen LogP contribution in [0.15, 0.2) is 34.9 Å². The highest BCUT2D eigenvalue weighted by atomic mass is 16.5. The molecule has 0 radical (unpaired) electrons. The van der Waals surface area contributed by atoms with E-state index in [2.05, 4.69) is 22.3 Å². The maximum absolute atomic E-state index is 11.7. The number of likely N-dealkylation sites (tertiary alicyclic amines) is 1. The molecule has 3 atom stereocenters. The quantitative estimate of drug-likeness (QED) is 0.870. The number of aliphatic carboxylic acids is 1. The van der Waals surface area contributed by atoms with Crippen LogP contribution in [0.3, 0.4) is 0 Å². The molecular weight excluding hydrogens is 318 g/mol. The number of hydrogen-bond donors (Lipinski definition) is 1. The van der Waals surface area contributed by atoms with Crippen molar-refractivity contribution >= 4 is 5.97 Å². The van der Waals surface area contributed by atoms with Crippen LogP contribution in [0, 0.1) is 11.8 Å². The number of aryl methyl sites for hydroxylation is 2. The molecule has 1 saturated carbocycles. The Hall–Kier alpha value is -2.21. The predicted molar refractivity (Wildman–Crippen MR) is 90.8 cm³/mol. The Morgan fingerprint density at radius 3 is 2.88 bits per heavy atom. The summed E-state index contributed by atoms with van der Waals surface area (Å²) < 4.78 is 5.37. The highest BCUT2D eigenvalue weighted by molar-refractivity contribution is 5.74. The monoisotopic (exact) mass is 341 g/mol. The average Bonchev–Trinajstić information content (AvgIpc) is 3.30. The lowest BCUT2D eigenvalue weighted by Gasteiger charge is -2.22. The third-order valence-electron chi connectivity index (χ3n) is 5.57. The number of rotatable bonds is 6. The summed E-state index contributed by atoms with van der Waals surface area (Å²) in [5.74, 6) is 1.26. The summed E-state index contributed by atoms with van der Waals surface area (Å²) >= 11 is 0. The fourth-order valence-corrected chi connectivity index (χ4v) is 4.43. The molecule has 25 heavy (non-hydrogen) atoms. The lowest BCUT2D eigenvalue weighted by atomic mass is 9.94. The van der Waals surface area contributed by atoms with Crippen molar-refractivity contribution in [2.24, 2.45) is 11.8 Å². The van der Waals surface area contributed by atoms with E-state index in [0.29, 0.717) is 24.2 Å². The first-order valence-electron chi connectivity index (χ1n) is 9.03. The van der Waals surface area contributed by atoms with Crippen molar-refractivity contribution in [1.29, 1.82) is 0 Å². The van der Waals surface area contributed by atoms with Gasteiger partial charge in [-0.3, -0.25) is 9.69 Å². The maximum Gasteiger partial charge on any atom is 0.321 e. The number of aromatic nitrogens is 2. The van der Waals surface area contributed by atoms with Gasteiger partial charge in [-0.25, -0.2) is 0 Å². The van der Waals surface area contributed by atoms with Gasteiger partial charge in [0.15, 0.2) is 5.82 Å². The Morgan fingerprint density at radius 1 is 1.24 bits per heavy atom. The zero-order valence-corrected chi connectivity index (χ0v) is 14.2. The molecule has 6 heteroatoms. The number of carboxylic acids is 1. The lowest BCUT2D eigenvalue weighted by molar-refractivity contribution is -0.143. The fraction of sp³-hybridized carbons (Fsp3) is 0.526. The molecule has 0 unspecified atom stereocenters. The van der Waals surface area contributed by atoms with Crippen molar-refractivity contribution in [3.63, 3.8) is 0 Å². The third kappa shape index (κ3) is 3.44. The molecule has 1 N–H and O–H groups in total. The van der Waals surface area contributed by atoms with Gasteiger partial charge >= 0.3 is 5.97 Å². The molecule has 1 aliphatic carbocycles. The van der Waals surface area contributed by atoms with E-state index in [9.17, 15) is 9.90 Å². The van der Waals surface area contributed by atoms with Crippen molar-refractivity contribution in [3.8, 4) is 0 Å². The number of hydrogen-bond acceptors (Lipinski definition) is 5. The Kier molecular flexibility index (Phi) is 4.53. The van der Waals surface area contributed by atoms with Crippen LogP contribution in [0.5, 0.6) is 0 Å². The molecule has 1 aromatic heterocycles. The number of benzene rings is 1. The van der Waals surface area contributed by atoms with E-state index in [1.54, 1.807) is 0 Å². The molecule has 4 rings (SSSR count). The Labute approximate surface area is 146 Å². The van der Waals surface area contributed by atoms with E-state index in [0.717, 1.165) is 38.6 Å². The van der Waals surface area contributed by atoms with Crippen molar-refractivity contribution in [3.05, 3.63) is 47.6 Å². The third-order valence-corrected chi connectivity index (χ3v) is 5.57. The highest BCUT2D eigenvalue weighted by Gasteiger charge is 2.47. The molecule has 6 nitrogen and oxygen atoms in total. The van der Waals surface area contributed by atoms with Crippen molar-refractivity contribution in [2.75, 3.05) is 6.54 Å². The molecule has 0 amide bonds. The van der Waals surface area contributed by atoms with Gasteiger partial charge < -0.3 is 9.63 Å². The van der Waals surface area contributed by atoms with Crippen molar-refractivity contribution in [1.82, 2.24) is 15.0 Å². The largest absolute Gasteiger partial charge is 0.480 e. The molecule has 1 saturated heterocycles. The molecule has 2 aliphatic rings. The Morgan fingerprint density at radius 2 is 2.08 bits per heavy atom. The molecule has 132 valence electrons. The highest BCUT2D eigenvalue weighted by Crippen LogP contribution is 2.42. The molecule has 2 aromatic rings. The van der Waals surface area contributed by atoms with Crippen LogP contribution in [0.2, 0.25) is 0 Å². The van der Waals surface area contributed by atoms with E-state index in [1.807, 2.05) is 23.1 Å². The molecule has 0 bridgehead atoms. The van der Waals surface area contributed by atoms with Gasteiger partial charge in [-0.2, -0.15) is 4.98 Å². The van der Waals surface area contributed by atoms with Gasteiger partial charge in [0.25, 0.3) is 0 Å². The molecule has 2 heterocycles. The summed E-state index contributed by atoms with van der Waals surface area (Å²) in [5.41, 5.74) is 1.24. The predicted octanol–water partition coefficient (Wildman–Crippen LogP) is 2.54. The minimum atomic E-state index is -0.724. The first-order chi connectivity index (χ1) is 12.2. The summed E-state index contributed by atoms with van der Waals surface area (Å²) in [6.07, 6.45) is 4.89. The van der Waals surface area contributed by atoms with Gasteiger partial charge in [-0.05, 0) is 36.7 Å². The number of nitrogens with zero attached hydrogens (tertiary/aromatic N) is 3. The first kappa shape index (κ1) is 16.3. The number of carboxylic acid groups (broad SMARTS) is 1. The number of fused-ring (bicyclic) bond motifs is 1. The maximum atomic E-state index is 11.7. The standard InChI is InChI=1S/C19H23N3O3/c23-19(24)18-15-8-4-7-14(15)11-22(18)12-17-20-16(21-25-17)10-9-13-5-2-1-3-6-13/h1-3,5-6,14-15,18H,4,7-12H2,(H,23,24)/t14-,15-,18+/m1/s1.